The fraction of sp³-hybridized carbons (Fsp3) is 0.107. The Labute approximate surface area is 216 Å². The number of nitrogens with zero attached hydrogens (tertiary/aromatic N) is 2. The van der Waals surface area contributed by atoms with Crippen molar-refractivity contribution < 1.29 is 9.53 Å². The maximum atomic E-state index is 13.7. The first kappa shape index (κ1) is 23.8. The van der Waals surface area contributed by atoms with E-state index in [0.717, 1.165) is 11.1 Å². The number of ether oxygens (including phenoxy) is 1. The van der Waals surface area contributed by atoms with Crippen LogP contribution in [0.25, 0.3) is 6.08 Å². The highest BCUT2D eigenvalue weighted by molar-refractivity contribution is 7.07. The monoisotopic (exact) mass is 515 g/mol. The molecule has 1 atom stereocenters. The summed E-state index contributed by atoms with van der Waals surface area (Å²) < 4.78 is 7.38. The second-order valence-electron chi connectivity index (χ2n) is 8.20. The van der Waals surface area contributed by atoms with E-state index >= 15 is 0 Å². The molecule has 1 aliphatic heterocycles. The van der Waals surface area contributed by atoms with Gasteiger partial charge in [0.15, 0.2) is 4.80 Å². The molecule has 0 spiro atoms. The summed E-state index contributed by atoms with van der Waals surface area (Å²) in [6.45, 7) is 1.79. The molecule has 0 bridgehead atoms. The van der Waals surface area contributed by atoms with Crippen molar-refractivity contribution >= 4 is 40.6 Å². The van der Waals surface area contributed by atoms with Crippen molar-refractivity contribution in [1.29, 1.82) is 0 Å². The van der Waals surface area contributed by atoms with Gasteiger partial charge in [-0.3, -0.25) is 14.2 Å². The first-order chi connectivity index (χ1) is 17.5. The number of allylic oxidation sites excluding steroid dienone is 1. The lowest BCUT2D eigenvalue weighted by Crippen LogP contribution is -2.40. The largest absolute Gasteiger partial charge is 0.497 e. The SMILES string of the molecule is COc1ccc([C@@H]2C(C(=O)Nc3ccccc3)=C(C)N=c3s/c(=C/c4ccccc4Cl)c(=O)n32)cc1. The zero-order valence-electron chi connectivity index (χ0n) is 19.6. The van der Waals surface area contributed by atoms with Crippen molar-refractivity contribution in [3.05, 3.63) is 126 Å². The molecule has 0 saturated carbocycles. The third kappa shape index (κ3) is 4.51. The molecule has 5 rings (SSSR count). The highest BCUT2D eigenvalue weighted by Crippen LogP contribution is 2.31. The van der Waals surface area contributed by atoms with Gasteiger partial charge in [0.1, 0.15) is 5.75 Å². The summed E-state index contributed by atoms with van der Waals surface area (Å²) in [7, 11) is 1.59. The minimum atomic E-state index is -0.663. The number of benzene rings is 3. The minimum absolute atomic E-state index is 0.239. The fourth-order valence-electron chi connectivity index (χ4n) is 4.17. The minimum Gasteiger partial charge on any atom is -0.497 e. The Kier molecular flexibility index (Phi) is 6.59. The molecular weight excluding hydrogens is 494 g/mol. The summed E-state index contributed by atoms with van der Waals surface area (Å²) in [6, 6.07) is 23.2. The van der Waals surface area contributed by atoms with Gasteiger partial charge in [0.2, 0.25) is 0 Å². The Balaban J connectivity index is 1.68. The van der Waals surface area contributed by atoms with Crippen LogP contribution < -0.4 is 24.9 Å². The molecule has 0 saturated heterocycles. The maximum absolute atomic E-state index is 13.7. The number of carbonyl (C=O) groups excluding carboxylic acids is 1. The summed E-state index contributed by atoms with van der Waals surface area (Å²) in [5.74, 6) is 0.365. The van der Waals surface area contributed by atoms with E-state index in [9.17, 15) is 9.59 Å². The molecule has 0 aliphatic carbocycles. The smallest absolute Gasteiger partial charge is 0.271 e. The van der Waals surface area contributed by atoms with Gasteiger partial charge in [-0.1, -0.05) is 71.5 Å². The summed E-state index contributed by atoms with van der Waals surface area (Å²) in [6.07, 6.45) is 1.76. The quantitative estimate of drug-likeness (QED) is 0.424. The zero-order valence-corrected chi connectivity index (χ0v) is 21.1. The van der Waals surface area contributed by atoms with E-state index in [1.807, 2.05) is 72.8 Å². The van der Waals surface area contributed by atoms with Crippen LogP contribution in [0.2, 0.25) is 5.02 Å². The Hall–Kier alpha value is -3.94. The molecule has 6 nitrogen and oxygen atoms in total. The van der Waals surface area contributed by atoms with Crippen LogP contribution in [0.3, 0.4) is 0 Å². The van der Waals surface area contributed by atoms with E-state index in [-0.39, 0.29) is 11.5 Å². The molecule has 180 valence electrons. The summed E-state index contributed by atoms with van der Waals surface area (Å²) >= 11 is 7.61. The lowest BCUT2D eigenvalue weighted by atomic mass is 9.95. The predicted octanol–water partition coefficient (Wildman–Crippen LogP) is 4.54. The normalized spacial score (nSPS) is 15.3. The van der Waals surface area contributed by atoms with Crippen molar-refractivity contribution in [2.75, 3.05) is 12.4 Å². The van der Waals surface area contributed by atoms with E-state index in [0.29, 0.717) is 37.1 Å². The van der Waals surface area contributed by atoms with E-state index in [2.05, 4.69) is 10.3 Å². The van der Waals surface area contributed by atoms with E-state index in [1.54, 1.807) is 30.7 Å². The molecular formula is C28H22ClN3O3S. The third-order valence-electron chi connectivity index (χ3n) is 5.92. The lowest BCUT2D eigenvalue weighted by molar-refractivity contribution is -0.113. The lowest BCUT2D eigenvalue weighted by Gasteiger charge is -2.25. The summed E-state index contributed by atoms with van der Waals surface area (Å²) in [4.78, 5) is 32.5. The van der Waals surface area contributed by atoms with Crippen molar-refractivity contribution in [3.8, 4) is 5.75 Å². The number of methoxy groups -OCH3 is 1. The number of anilines is 1. The number of aromatic nitrogens is 1. The predicted molar refractivity (Wildman–Crippen MR) is 143 cm³/mol. The molecule has 2 heterocycles. The summed E-state index contributed by atoms with van der Waals surface area (Å²) in [5, 5.41) is 3.50. The number of hydrogen-bond acceptors (Lipinski definition) is 5. The van der Waals surface area contributed by atoms with E-state index in [4.69, 9.17) is 16.3 Å². The zero-order chi connectivity index (χ0) is 25.2. The first-order valence-corrected chi connectivity index (χ1v) is 12.4. The van der Waals surface area contributed by atoms with Gasteiger partial charge in [0.05, 0.1) is 29.0 Å². The Bertz CT molecular complexity index is 1650. The number of hydrogen-bond donors (Lipinski definition) is 1. The third-order valence-corrected chi connectivity index (χ3v) is 7.25. The summed E-state index contributed by atoms with van der Waals surface area (Å²) in [5.41, 5.74) is 2.89. The van der Waals surface area contributed by atoms with Crippen LogP contribution in [-0.2, 0) is 4.79 Å². The van der Waals surface area contributed by atoms with Gasteiger partial charge in [-0.15, -0.1) is 0 Å². The number of halogens is 1. The van der Waals surface area contributed by atoms with Crippen LogP contribution in [0.5, 0.6) is 5.75 Å². The number of carbonyl (C=O) groups is 1. The second-order valence-corrected chi connectivity index (χ2v) is 9.61. The topological polar surface area (TPSA) is 72.7 Å². The van der Waals surface area contributed by atoms with E-state index in [1.165, 1.54) is 11.3 Å². The van der Waals surface area contributed by atoms with Gasteiger partial charge in [0, 0.05) is 10.7 Å². The van der Waals surface area contributed by atoms with Crippen molar-refractivity contribution in [2.24, 2.45) is 4.99 Å². The molecule has 1 aliphatic rings. The molecule has 0 fully saturated rings. The van der Waals surface area contributed by atoms with Gasteiger partial charge in [-0.2, -0.15) is 0 Å². The van der Waals surface area contributed by atoms with Gasteiger partial charge in [-0.25, -0.2) is 4.99 Å². The van der Waals surface area contributed by atoms with Crippen LogP contribution in [0.15, 0.2) is 99.9 Å². The molecule has 1 amide bonds. The number of fused-ring (bicyclic) bond motifs is 1. The number of nitrogens with one attached hydrogen (secondary N) is 1. The van der Waals surface area contributed by atoms with Crippen molar-refractivity contribution in [2.45, 2.75) is 13.0 Å². The van der Waals surface area contributed by atoms with Gasteiger partial charge in [-0.05, 0) is 54.5 Å². The Morgan fingerprint density at radius 1 is 1.06 bits per heavy atom. The number of thiazole rings is 1. The van der Waals surface area contributed by atoms with E-state index < -0.39 is 6.04 Å². The number of rotatable bonds is 5. The molecule has 1 N–H and O–H groups in total. The van der Waals surface area contributed by atoms with Gasteiger partial charge in [0.25, 0.3) is 11.5 Å². The standard InChI is InChI=1S/C28H22ClN3O3S/c1-17-24(26(33)31-20-9-4-3-5-10-20)25(18-12-14-21(35-2)15-13-18)32-27(34)23(36-28(32)30-17)16-19-8-6-7-11-22(19)29/h3-16,25H,1-2H3,(H,31,33)/b23-16+/t25-/m1/s1. The van der Waals surface area contributed by atoms with Crippen LogP contribution in [-0.4, -0.2) is 17.6 Å². The average Bonchev–Trinajstić information content (AvgIpc) is 3.19. The molecule has 3 aromatic carbocycles. The molecule has 1 aromatic heterocycles. The highest BCUT2D eigenvalue weighted by Gasteiger charge is 2.32. The molecule has 8 heteroatoms. The second kappa shape index (κ2) is 9.97. The fourth-order valence-corrected chi connectivity index (χ4v) is 5.39. The van der Waals surface area contributed by atoms with Gasteiger partial charge >= 0.3 is 0 Å². The number of amides is 1. The van der Waals surface area contributed by atoms with Crippen LogP contribution in [0.4, 0.5) is 5.69 Å². The van der Waals surface area contributed by atoms with Crippen LogP contribution in [0, 0.1) is 0 Å². The highest BCUT2D eigenvalue weighted by atomic mass is 35.5. The molecule has 0 unspecified atom stereocenters. The Morgan fingerprint density at radius 2 is 1.75 bits per heavy atom. The van der Waals surface area contributed by atoms with Gasteiger partial charge < -0.3 is 10.1 Å². The first-order valence-electron chi connectivity index (χ1n) is 11.2. The molecule has 0 radical (unpaired) electrons. The molecule has 4 aromatic rings. The maximum Gasteiger partial charge on any atom is 0.271 e. The molecule has 36 heavy (non-hydrogen) atoms. The number of para-hydroxylation sites is 1. The van der Waals surface area contributed by atoms with Crippen molar-refractivity contribution in [1.82, 2.24) is 4.57 Å². The average molecular weight is 516 g/mol. The van der Waals surface area contributed by atoms with Crippen molar-refractivity contribution in [3.63, 3.8) is 0 Å². The Morgan fingerprint density at radius 3 is 2.44 bits per heavy atom. The van der Waals surface area contributed by atoms with Crippen LogP contribution in [0.1, 0.15) is 24.1 Å². The van der Waals surface area contributed by atoms with Crippen LogP contribution >= 0.6 is 22.9 Å².